The Labute approximate surface area is 215 Å². The molecule has 0 saturated carbocycles. The zero-order valence-corrected chi connectivity index (χ0v) is 21.2. The largest absolute Gasteiger partial charge is 0.504 e. The third-order valence-corrected chi connectivity index (χ3v) is 6.93. The van der Waals surface area contributed by atoms with E-state index in [4.69, 9.17) is 14.5 Å². The number of anilines is 1. The van der Waals surface area contributed by atoms with Crippen LogP contribution in [0.5, 0.6) is 17.4 Å². The minimum absolute atomic E-state index is 0.115. The molecular formula is C25H21IN4O3S. The number of para-hydroxylation sites is 1. The number of nitrogens with one attached hydrogen (secondary N) is 1. The van der Waals surface area contributed by atoms with Crippen molar-refractivity contribution in [1.82, 2.24) is 15.2 Å². The van der Waals surface area contributed by atoms with E-state index in [2.05, 4.69) is 50.2 Å². The van der Waals surface area contributed by atoms with Crippen molar-refractivity contribution in [3.63, 3.8) is 0 Å². The van der Waals surface area contributed by atoms with Crippen molar-refractivity contribution in [2.75, 3.05) is 11.9 Å². The van der Waals surface area contributed by atoms with Crippen LogP contribution in [0.25, 0.3) is 11.3 Å². The molecule has 1 aliphatic rings. The first-order chi connectivity index (χ1) is 16.6. The minimum Gasteiger partial charge on any atom is -0.504 e. The summed E-state index contributed by atoms with van der Waals surface area (Å²) in [4.78, 5) is 4.71. The Morgan fingerprint density at radius 1 is 1.09 bits per heavy atom. The zero-order valence-electron chi connectivity index (χ0n) is 18.2. The van der Waals surface area contributed by atoms with Gasteiger partial charge in [0.15, 0.2) is 23.4 Å². The number of hydrogen-bond acceptors (Lipinski definition) is 8. The molecule has 0 radical (unpaired) electrons. The second-order valence-electron chi connectivity index (χ2n) is 7.49. The number of phenols is 1. The average molecular weight is 584 g/mol. The second-order valence-corrected chi connectivity index (χ2v) is 9.60. The molecule has 0 spiro atoms. The highest BCUT2D eigenvalue weighted by Gasteiger charge is 2.27. The molecule has 7 nitrogen and oxygen atoms in total. The number of rotatable bonds is 6. The molecule has 2 N–H and O–H groups in total. The van der Waals surface area contributed by atoms with Gasteiger partial charge in [-0.15, -0.1) is 10.2 Å². The van der Waals surface area contributed by atoms with Crippen LogP contribution in [0, 0.1) is 3.57 Å². The van der Waals surface area contributed by atoms with Crippen molar-refractivity contribution < 1.29 is 14.6 Å². The van der Waals surface area contributed by atoms with Crippen LogP contribution in [0.3, 0.4) is 0 Å². The number of fused-ring (bicyclic) bond motifs is 3. The molecule has 0 bridgehead atoms. The summed E-state index contributed by atoms with van der Waals surface area (Å²) in [6.07, 6.45) is -0.570. The molecule has 1 aliphatic heterocycles. The summed E-state index contributed by atoms with van der Waals surface area (Å²) >= 11 is 3.59. The van der Waals surface area contributed by atoms with Gasteiger partial charge in [-0.2, -0.15) is 4.98 Å². The fourth-order valence-corrected chi connectivity index (χ4v) is 4.95. The summed E-state index contributed by atoms with van der Waals surface area (Å²) in [5, 5.41) is 23.2. The molecule has 4 aromatic rings. The quantitative estimate of drug-likeness (QED) is 0.210. The van der Waals surface area contributed by atoms with Gasteiger partial charge in [0.2, 0.25) is 11.0 Å². The van der Waals surface area contributed by atoms with Gasteiger partial charge in [-0.1, -0.05) is 60.3 Å². The predicted octanol–water partition coefficient (Wildman–Crippen LogP) is 6.04. The fraction of sp³-hybridized carbons (Fsp3) is 0.160. The maximum absolute atomic E-state index is 10.4. The van der Waals surface area contributed by atoms with Crippen LogP contribution >= 0.6 is 34.4 Å². The fourth-order valence-electron chi connectivity index (χ4n) is 3.59. The van der Waals surface area contributed by atoms with Crippen LogP contribution in [-0.4, -0.2) is 26.9 Å². The molecule has 9 heteroatoms. The predicted molar refractivity (Wildman–Crippen MR) is 140 cm³/mol. The van der Waals surface area contributed by atoms with Gasteiger partial charge in [0.1, 0.15) is 0 Å². The SMILES string of the molecule is CCOc1cc([C@@H]2Nc3ccccc3-c3nnc(SCc4ccccc4)nc3O2)cc(I)c1O. The molecule has 0 fully saturated rings. The summed E-state index contributed by atoms with van der Waals surface area (Å²) in [7, 11) is 0. The van der Waals surface area contributed by atoms with Crippen molar-refractivity contribution in [2.45, 2.75) is 24.1 Å². The highest BCUT2D eigenvalue weighted by atomic mass is 127. The number of hydrogen-bond donors (Lipinski definition) is 2. The number of thioether (sulfide) groups is 1. The van der Waals surface area contributed by atoms with Crippen LogP contribution < -0.4 is 14.8 Å². The molecule has 0 aliphatic carbocycles. The van der Waals surface area contributed by atoms with Crippen molar-refractivity contribution >= 4 is 40.0 Å². The lowest BCUT2D eigenvalue weighted by Crippen LogP contribution is -2.17. The molecule has 172 valence electrons. The highest BCUT2D eigenvalue weighted by molar-refractivity contribution is 14.1. The molecule has 0 saturated heterocycles. The Morgan fingerprint density at radius 2 is 1.88 bits per heavy atom. The van der Waals surface area contributed by atoms with Gasteiger partial charge in [-0.05, 0) is 53.3 Å². The van der Waals surface area contributed by atoms with Crippen LogP contribution in [0.1, 0.15) is 24.3 Å². The maximum atomic E-state index is 10.4. The van der Waals surface area contributed by atoms with E-state index in [0.29, 0.717) is 32.7 Å². The number of nitrogens with zero attached hydrogens (tertiary/aromatic N) is 3. The molecule has 0 unspecified atom stereocenters. The highest BCUT2D eigenvalue weighted by Crippen LogP contribution is 2.42. The number of halogens is 1. The minimum atomic E-state index is -0.570. The smallest absolute Gasteiger partial charge is 0.247 e. The molecule has 1 aromatic heterocycles. The molecule has 5 rings (SSSR count). The maximum Gasteiger partial charge on any atom is 0.247 e. The van der Waals surface area contributed by atoms with E-state index < -0.39 is 6.23 Å². The van der Waals surface area contributed by atoms with E-state index >= 15 is 0 Å². The lowest BCUT2D eigenvalue weighted by molar-refractivity contribution is 0.224. The average Bonchev–Trinajstić information content (AvgIpc) is 3.03. The topological polar surface area (TPSA) is 89.4 Å². The Hall–Kier alpha value is -3.05. The van der Waals surface area contributed by atoms with Gasteiger partial charge in [-0.25, -0.2) is 0 Å². The van der Waals surface area contributed by atoms with Crippen molar-refractivity contribution in [1.29, 1.82) is 0 Å². The van der Waals surface area contributed by atoms with Gasteiger partial charge in [0.25, 0.3) is 0 Å². The van der Waals surface area contributed by atoms with Crippen molar-refractivity contribution in [3.05, 3.63) is 81.4 Å². The number of benzene rings is 3. The lowest BCUT2D eigenvalue weighted by atomic mass is 10.1. The van der Waals surface area contributed by atoms with Gasteiger partial charge < -0.3 is 19.9 Å². The van der Waals surface area contributed by atoms with E-state index in [9.17, 15) is 5.11 Å². The summed E-state index contributed by atoms with van der Waals surface area (Å²) in [6.45, 7) is 2.32. The van der Waals surface area contributed by atoms with Gasteiger partial charge in [0, 0.05) is 22.6 Å². The zero-order chi connectivity index (χ0) is 23.5. The van der Waals surface area contributed by atoms with E-state index in [-0.39, 0.29) is 5.75 Å². The summed E-state index contributed by atoms with van der Waals surface area (Å²) < 4.78 is 12.7. The van der Waals surface area contributed by atoms with Crippen LogP contribution in [0.2, 0.25) is 0 Å². The number of ether oxygens (including phenoxy) is 2. The molecule has 2 heterocycles. The Morgan fingerprint density at radius 3 is 2.71 bits per heavy atom. The Balaban J connectivity index is 1.52. The summed E-state index contributed by atoms with van der Waals surface area (Å²) in [5.41, 5.74) is 4.27. The van der Waals surface area contributed by atoms with Crippen molar-refractivity contribution in [3.8, 4) is 28.6 Å². The molecule has 3 aromatic carbocycles. The summed E-state index contributed by atoms with van der Waals surface area (Å²) in [5.74, 6) is 1.65. The first kappa shape index (κ1) is 22.7. The molecule has 34 heavy (non-hydrogen) atoms. The third-order valence-electron chi connectivity index (χ3n) is 5.20. The first-order valence-electron chi connectivity index (χ1n) is 10.7. The monoisotopic (exact) mass is 584 g/mol. The first-order valence-corrected chi connectivity index (χ1v) is 12.8. The van der Waals surface area contributed by atoms with Crippen LogP contribution in [0.4, 0.5) is 5.69 Å². The second kappa shape index (κ2) is 10.1. The molecule has 1 atom stereocenters. The van der Waals surface area contributed by atoms with Gasteiger partial charge in [-0.3, -0.25) is 0 Å². The molecule has 0 amide bonds. The van der Waals surface area contributed by atoms with E-state index in [1.807, 2.05) is 55.5 Å². The van der Waals surface area contributed by atoms with Crippen LogP contribution in [-0.2, 0) is 5.75 Å². The van der Waals surface area contributed by atoms with E-state index in [1.54, 1.807) is 6.07 Å². The summed E-state index contributed by atoms with van der Waals surface area (Å²) in [6, 6.07) is 21.6. The lowest BCUT2D eigenvalue weighted by Gasteiger charge is -2.21. The van der Waals surface area contributed by atoms with E-state index in [1.165, 1.54) is 17.3 Å². The third kappa shape index (κ3) is 4.76. The number of aromatic nitrogens is 3. The normalized spacial score (nSPS) is 14.2. The Kier molecular flexibility index (Phi) is 6.73. The number of phenolic OH excluding ortho intramolecular Hbond substituents is 1. The van der Waals surface area contributed by atoms with Gasteiger partial charge in [0.05, 0.1) is 10.2 Å². The standard InChI is InChI=1S/C25H21IN4O3S/c1-2-32-20-13-16(12-18(26)22(20)31)23-27-19-11-7-6-10-17(19)21-24(33-23)28-25(30-29-21)34-14-15-8-4-3-5-9-15/h3-13,23,27,31H,2,14H2,1H3/t23-/m1/s1. The van der Waals surface area contributed by atoms with E-state index in [0.717, 1.165) is 22.6 Å². The van der Waals surface area contributed by atoms with Gasteiger partial charge >= 0.3 is 0 Å². The van der Waals surface area contributed by atoms with Crippen LogP contribution in [0.15, 0.2) is 71.9 Å². The van der Waals surface area contributed by atoms with Crippen molar-refractivity contribution in [2.24, 2.45) is 0 Å². The number of aromatic hydroxyl groups is 1. The Bertz CT molecular complexity index is 1320. The molecular weight excluding hydrogens is 563 g/mol.